The van der Waals surface area contributed by atoms with Gasteiger partial charge < -0.3 is 24.0 Å². The molecule has 14 heavy (non-hydrogen) atoms. The molecule has 2 aromatic rings. The Hall–Kier alpha value is -0.840. The van der Waals surface area contributed by atoms with Crippen LogP contribution in [0.15, 0.2) is 36.7 Å². The van der Waals surface area contributed by atoms with E-state index < -0.39 is 0 Å². The molecular weight excluding hydrogens is 287 g/mol. The van der Waals surface area contributed by atoms with Crippen molar-refractivity contribution in [1.82, 2.24) is 4.57 Å². The standard InChI is InChI=1S/C11H12N2.HI/c1-9-5-3-4-6-11(9)13-8-7-12-10(13)2;/h3-8H,1-2H3;1H. The summed E-state index contributed by atoms with van der Waals surface area (Å²) in [4.78, 5) is 3.16. The van der Waals surface area contributed by atoms with Gasteiger partial charge in [-0.15, -0.1) is 0 Å². The molecule has 0 aliphatic heterocycles. The monoisotopic (exact) mass is 300 g/mol. The number of aryl methyl sites for hydroxylation is 2. The van der Waals surface area contributed by atoms with Gasteiger partial charge in [-0.1, -0.05) is 18.2 Å². The molecule has 2 rings (SSSR count). The minimum absolute atomic E-state index is 0. The van der Waals surface area contributed by atoms with Crippen molar-refractivity contribution in [3.8, 4) is 5.69 Å². The van der Waals surface area contributed by atoms with Crippen LogP contribution in [0.4, 0.5) is 0 Å². The van der Waals surface area contributed by atoms with E-state index in [0.29, 0.717) is 0 Å². The highest BCUT2D eigenvalue weighted by molar-refractivity contribution is 5.40. The number of imidazole rings is 1. The van der Waals surface area contributed by atoms with Crippen molar-refractivity contribution in [2.24, 2.45) is 0 Å². The minimum Gasteiger partial charge on any atom is -1.00 e. The largest absolute Gasteiger partial charge is 1.00 e. The van der Waals surface area contributed by atoms with Gasteiger partial charge in [-0.25, -0.2) is 4.98 Å². The zero-order chi connectivity index (χ0) is 9.26. The molecule has 0 aliphatic carbocycles. The fourth-order valence-electron chi connectivity index (χ4n) is 1.51. The first kappa shape index (κ1) is 11.2. The van der Waals surface area contributed by atoms with Crippen molar-refractivity contribution >= 4 is 0 Å². The zero-order valence-corrected chi connectivity index (χ0v) is 10.4. The minimum atomic E-state index is 0. The van der Waals surface area contributed by atoms with Crippen molar-refractivity contribution in [2.75, 3.05) is 0 Å². The summed E-state index contributed by atoms with van der Waals surface area (Å²) in [6.07, 6.45) is 3.99. The number of nitrogens with zero attached hydrogens (tertiary/aromatic N) is 1. The number of aromatic amines is 1. The average molecular weight is 300 g/mol. The van der Waals surface area contributed by atoms with Crippen LogP contribution in [0, 0.1) is 13.8 Å². The number of para-hydroxylation sites is 1. The highest BCUT2D eigenvalue weighted by atomic mass is 127. The SMILES string of the molecule is Cc1ccccc1-n1cc[nH+]c1C.[I-]. The molecule has 0 saturated heterocycles. The van der Waals surface area contributed by atoms with Crippen molar-refractivity contribution in [1.29, 1.82) is 0 Å². The Morgan fingerprint density at radius 3 is 2.43 bits per heavy atom. The smallest absolute Gasteiger partial charge is 0.256 e. The summed E-state index contributed by atoms with van der Waals surface area (Å²) < 4.78 is 2.15. The second-order valence-electron chi connectivity index (χ2n) is 3.20. The highest BCUT2D eigenvalue weighted by Crippen LogP contribution is 2.13. The van der Waals surface area contributed by atoms with Crippen LogP contribution in [-0.2, 0) is 0 Å². The van der Waals surface area contributed by atoms with E-state index in [2.05, 4.69) is 47.7 Å². The van der Waals surface area contributed by atoms with Gasteiger partial charge >= 0.3 is 0 Å². The number of nitrogens with one attached hydrogen (secondary N) is 1. The van der Waals surface area contributed by atoms with Crippen molar-refractivity contribution in [3.05, 3.63) is 48.0 Å². The highest BCUT2D eigenvalue weighted by Gasteiger charge is 2.08. The van der Waals surface area contributed by atoms with Gasteiger partial charge in [0.2, 0.25) is 0 Å². The van der Waals surface area contributed by atoms with Crippen LogP contribution in [-0.4, -0.2) is 4.57 Å². The van der Waals surface area contributed by atoms with E-state index in [0.717, 1.165) is 5.82 Å². The summed E-state index contributed by atoms with van der Waals surface area (Å²) in [7, 11) is 0. The molecule has 0 radical (unpaired) electrons. The lowest BCUT2D eigenvalue weighted by Crippen LogP contribution is -3.00. The first-order valence-electron chi connectivity index (χ1n) is 4.40. The molecule has 0 spiro atoms. The van der Waals surface area contributed by atoms with E-state index in [1.807, 2.05) is 12.4 Å². The maximum Gasteiger partial charge on any atom is 0.256 e. The van der Waals surface area contributed by atoms with Gasteiger partial charge in [0.05, 0.1) is 0 Å². The van der Waals surface area contributed by atoms with Gasteiger partial charge in [0.1, 0.15) is 18.1 Å². The second-order valence-corrected chi connectivity index (χ2v) is 3.20. The second kappa shape index (κ2) is 4.59. The molecule has 1 aromatic carbocycles. The molecule has 0 atom stereocenters. The average Bonchev–Trinajstić information content (AvgIpc) is 2.52. The summed E-state index contributed by atoms with van der Waals surface area (Å²) >= 11 is 0. The number of benzene rings is 1. The Kier molecular flexibility index (Phi) is 3.69. The number of hydrogen-bond donors (Lipinski definition) is 0. The number of H-pyrrole nitrogens is 1. The fraction of sp³-hybridized carbons (Fsp3) is 0.182. The molecule has 0 unspecified atom stereocenters. The molecule has 1 heterocycles. The molecule has 0 aliphatic rings. The van der Waals surface area contributed by atoms with Crippen molar-refractivity contribution < 1.29 is 29.0 Å². The molecule has 2 nitrogen and oxygen atoms in total. The third-order valence-electron chi connectivity index (χ3n) is 2.25. The molecule has 0 amide bonds. The Labute approximate surface area is 101 Å². The Bertz CT molecular complexity index is 421. The first-order chi connectivity index (χ1) is 6.29. The summed E-state index contributed by atoms with van der Waals surface area (Å²) in [6.45, 7) is 4.18. The number of halogens is 1. The summed E-state index contributed by atoms with van der Waals surface area (Å²) in [6, 6.07) is 8.36. The predicted octanol–water partition coefficient (Wildman–Crippen LogP) is -1.09. The van der Waals surface area contributed by atoms with Crippen LogP contribution in [0.3, 0.4) is 0 Å². The van der Waals surface area contributed by atoms with E-state index in [4.69, 9.17) is 0 Å². The predicted molar refractivity (Wildman–Crippen MR) is 51.8 cm³/mol. The van der Waals surface area contributed by atoms with Crippen LogP contribution in [0.5, 0.6) is 0 Å². The molecular formula is C11H13IN2. The third-order valence-corrected chi connectivity index (χ3v) is 2.25. The molecule has 1 aromatic heterocycles. The molecule has 0 saturated carbocycles. The van der Waals surface area contributed by atoms with E-state index in [1.54, 1.807) is 0 Å². The Balaban J connectivity index is 0.000000980. The third kappa shape index (κ3) is 1.97. The van der Waals surface area contributed by atoms with E-state index in [9.17, 15) is 0 Å². The van der Waals surface area contributed by atoms with Gasteiger partial charge in [0.15, 0.2) is 0 Å². The van der Waals surface area contributed by atoms with Crippen LogP contribution in [0.25, 0.3) is 5.69 Å². The van der Waals surface area contributed by atoms with Crippen LogP contribution in [0.1, 0.15) is 11.4 Å². The fourth-order valence-corrected chi connectivity index (χ4v) is 1.51. The van der Waals surface area contributed by atoms with Crippen molar-refractivity contribution in [3.63, 3.8) is 0 Å². The van der Waals surface area contributed by atoms with Gasteiger partial charge in [0.25, 0.3) is 5.82 Å². The van der Waals surface area contributed by atoms with E-state index in [1.165, 1.54) is 11.3 Å². The van der Waals surface area contributed by atoms with Gasteiger partial charge in [-0.3, -0.25) is 0 Å². The van der Waals surface area contributed by atoms with Crippen molar-refractivity contribution in [2.45, 2.75) is 13.8 Å². The van der Waals surface area contributed by atoms with E-state index >= 15 is 0 Å². The summed E-state index contributed by atoms with van der Waals surface area (Å²) in [5, 5.41) is 0. The lowest BCUT2D eigenvalue weighted by molar-refractivity contribution is -0.386. The molecule has 0 fully saturated rings. The van der Waals surface area contributed by atoms with Gasteiger partial charge in [-0.05, 0) is 18.6 Å². The maximum absolute atomic E-state index is 3.16. The lowest BCUT2D eigenvalue weighted by atomic mass is 10.2. The molecule has 1 N–H and O–H groups in total. The maximum atomic E-state index is 3.16. The Morgan fingerprint density at radius 1 is 1.14 bits per heavy atom. The quantitative estimate of drug-likeness (QED) is 0.597. The first-order valence-corrected chi connectivity index (χ1v) is 4.40. The Morgan fingerprint density at radius 2 is 1.86 bits per heavy atom. The van der Waals surface area contributed by atoms with Gasteiger partial charge in [0, 0.05) is 6.92 Å². The zero-order valence-electron chi connectivity index (χ0n) is 8.29. The number of rotatable bonds is 1. The van der Waals surface area contributed by atoms with E-state index in [-0.39, 0.29) is 24.0 Å². The van der Waals surface area contributed by atoms with Crippen LogP contribution in [0.2, 0.25) is 0 Å². The summed E-state index contributed by atoms with van der Waals surface area (Å²) in [5.41, 5.74) is 2.52. The molecule has 0 bridgehead atoms. The lowest BCUT2D eigenvalue weighted by Gasteiger charge is -2.00. The topological polar surface area (TPSA) is 19.1 Å². The van der Waals surface area contributed by atoms with Crippen LogP contribution < -0.4 is 29.0 Å². The summed E-state index contributed by atoms with van der Waals surface area (Å²) in [5.74, 6) is 1.15. The number of aromatic nitrogens is 2. The van der Waals surface area contributed by atoms with Crippen LogP contribution >= 0.6 is 0 Å². The molecule has 3 heteroatoms. The van der Waals surface area contributed by atoms with Gasteiger partial charge in [-0.2, -0.15) is 4.57 Å². The number of hydrogen-bond acceptors (Lipinski definition) is 0. The normalized spacial score (nSPS) is 9.57. The molecule has 74 valence electrons.